The van der Waals surface area contributed by atoms with E-state index in [9.17, 15) is 4.79 Å². The molecule has 0 radical (unpaired) electrons. The predicted molar refractivity (Wildman–Crippen MR) is 88.4 cm³/mol. The Morgan fingerprint density at radius 3 is 2.78 bits per heavy atom. The second kappa shape index (κ2) is 6.50. The number of carbonyl (C=O) groups is 1. The highest BCUT2D eigenvalue weighted by Gasteiger charge is 2.33. The Morgan fingerprint density at radius 2 is 2.09 bits per heavy atom. The van der Waals surface area contributed by atoms with Crippen LogP contribution in [0, 0.1) is 12.8 Å². The van der Waals surface area contributed by atoms with Crippen LogP contribution >= 0.6 is 0 Å². The molecule has 1 saturated heterocycles. The molecule has 1 aliphatic rings. The Hall–Kier alpha value is -2.21. The first-order valence-corrected chi connectivity index (χ1v) is 8.10. The van der Waals surface area contributed by atoms with Gasteiger partial charge >= 0.3 is 0 Å². The number of piperidine rings is 1. The number of nitrogens with zero attached hydrogens (tertiary/aromatic N) is 4. The molecule has 6 nitrogen and oxygen atoms in total. The van der Waals surface area contributed by atoms with Gasteiger partial charge in [-0.15, -0.1) is 0 Å². The fraction of sp³-hybridized carbons (Fsp3) is 0.471. The number of nitrogens with two attached hydrogens (primary N) is 1. The van der Waals surface area contributed by atoms with Gasteiger partial charge in [-0.05, 0) is 37.3 Å². The number of aromatic nitrogens is 3. The van der Waals surface area contributed by atoms with Gasteiger partial charge in [-0.3, -0.25) is 4.79 Å². The first-order valence-electron chi connectivity index (χ1n) is 8.10. The summed E-state index contributed by atoms with van der Waals surface area (Å²) in [7, 11) is 0. The first-order chi connectivity index (χ1) is 11.1. The molecule has 2 N–H and O–H groups in total. The molecule has 1 aromatic heterocycles. The molecular weight excluding hydrogens is 290 g/mol. The van der Waals surface area contributed by atoms with Crippen LogP contribution in [0.15, 0.2) is 30.6 Å². The van der Waals surface area contributed by atoms with Gasteiger partial charge in [0, 0.05) is 19.1 Å². The van der Waals surface area contributed by atoms with Crippen molar-refractivity contribution in [2.75, 3.05) is 13.1 Å². The number of amides is 1. The molecule has 2 heterocycles. The van der Waals surface area contributed by atoms with E-state index < -0.39 is 0 Å². The normalized spacial score (nSPS) is 21.4. The van der Waals surface area contributed by atoms with E-state index in [1.807, 2.05) is 30.0 Å². The van der Waals surface area contributed by atoms with E-state index in [-0.39, 0.29) is 11.9 Å². The lowest BCUT2D eigenvalue weighted by Crippen LogP contribution is -2.51. The molecule has 0 saturated carbocycles. The van der Waals surface area contributed by atoms with Crippen LogP contribution in [0.4, 0.5) is 0 Å². The van der Waals surface area contributed by atoms with E-state index in [4.69, 9.17) is 5.73 Å². The lowest BCUT2D eigenvalue weighted by molar-refractivity contribution is 0.0531. The molecule has 1 aliphatic heterocycles. The molecule has 2 aromatic rings. The Morgan fingerprint density at radius 1 is 1.35 bits per heavy atom. The lowest BCUT2D eigenvalue weighted by Gasteiger charge is -2.40. The van der Waals surface area contributed by atoms with Gasteiger partial charge in [0.05, 0.1) is 23.6 Å². The number of hydrogen-bond acceptors (Lipinski definition) is 4. The van der Waals surface area contributed by atoms with Gasteiger partial charge in [0.15, 0.2) is 0 Å². The van der Waals surface area contributed by atoms with E-state index in [1.165, 1.54) is 4.80 Å². The Kier molecular flexibility index (Phi) is 4.43. The van der Waals surface area contributed by atoms with Crippen molar-refractivity contribution >= 4 is 5.91 Å². The zero-order chi connectivity index (χ0) is 16.4. The maximum atomic E-state index is 13.3. The third kappa shape index (κ3) is 2.86. The Bertz CT molecular complexity index is 682. The van der Waals surface area contributed by atoms with E-state index in [1.54, 1.807) is 12.4 Å². The van der Waals surface area contributed by atoms with Crippen LogP contribution in [-0.4, -0.2) is 44.9 Å². The van der Waals surface area contributed by atoms with Gasteiger partial charge in [0.25, 0.3) is 5.91 Å². The summed E-state index contributed by atoms with van der Waals surface area (Å²) >= 11 is 0. The maximum Gasteiger partial charge on any atom is 0.256 e. The first kappa shape index (κ1) is 15.7. The summed E-state index contributed by atoms with van der Waals surface area (Å²) in [5.74, 6) is 0.449. The van der Waals surface area contributed by atoms with E-state index in [2.05, 4.69) is 17.1 Å². The fourth-order valence-corrected chi connectivity index (χ4v) is 3.44. The van der Waals surface area contributed by atoms with E-state index in [0.29, 0.717) is 23.7 Å². The van der Waals surface area contributed by atoms with Crippen LogP contribution in [0.25, 0.3) is 5.69 Å². The molecule has 0 aliphatic carbocycles. The number of aryl methyl sites for hydroxylation is 1. The monoisotopic (exact) mass is 313 g/mol. The lowest BCUT2D eigenvalue weighted by atomic mass is 9.89. The molecule has 122 valence electrons. The number of rotatable bonds is 3. The van der Waals surface area contributed by atoms with Crippen molar-refractivity contribution in [1.29, 1.82) is 0 Å². The van der Waals surface area contributed by atoms with Crippen molar-refractivity contribution in [2.45, 2.75) is 32.7 Å². The van der Waals surface area contributed by atoms with Crippen LogP contribution in [0.3, 0.4) is 0 Å². The second-order valence-corrected chi connectivity index (χ2v) is 6.21. The van der Waals surface area contributed by atoms with Crippen molar-refractivity contribution in [1.82, 2.24) is 19.9 Å². The third-order valence-electron chi connectivity index (χ3n) is 4.72. The Labute approximate surface area is 136 Å². The molecule has 1 aromatic carbocycles. The molecule has 6 heteroatoms. The molecule has 1 amide bonds. The van der Waals surface area contributed by atoms with Crippen LogP contribution in [0.1, 0.15) is 35.7 Å². The van der Waals surface area contributed by atoms with Gasteiger partial charge in [-0.25, -0.2) is 0 Å². The van der Waals surface area contributed by atoms with Crippen molar-refractivity contribution in [3.63, 3.8) is 0 Å². The van der Waals surface area contributed by atoms with Crippen LogP contribution in [-0.2, 0) is 0 Å². The van der Waals surface area contributed by atoms with Crippen molar-refractivity contribution in [3.8, 4) is 5.69 Å². The highest BCUT2D eigenvalue weighted by Crippen LogP contribution is 2.27. The second-order valence-electron chi connectivity index (χ2n) is 6.21. The zero-order valence-electron chi connectivity index (χ0n) is 13.6. The average Bonchev–Trinajstić information content (AvgIpc) is 3.08. The summed E-state index contributed by atoms with van der Waals surface area (Å²) in [6, 6.07) is 5.84. The van der Waals surface area contributed by atoms with Gasteiger partial charge in [0.2, 0.25) is 0 Å². The minimum atomic E-state index is 0.0254. The van der Waals surface area contributed by atoms with Crippen LogP contribution < -0.4 is 5.73 Å². The Balaban J connectivity index is 2.02. The highest BCUT2D eigenvalue weighted by atomic mass is 16.2. The minimum absolute atomic E-state index is 0.0254. The number of likely N-dealkylation sites (tertiary alicyclic amines) is 1. The van der Waals surface area contributed by atoms with Gasteiger partial charge < -0.3 is 10.6 Å². The molecular formula is C17H23N5O. The van der Waals surface area contributed by atoms with Gasteiger partial charge in [0.1, 0.15) is 0 Å². The topological polar surface area (TPSA) is 77.0 Å². The number of hydrogen-bond donors (Lipinski definition) is 1. The minimum Gasteiger partial charge on any atom is -0.334 e. The molecule has 1 unspecified atom stereocenters. The zero-order valence-corrected chi connectivity index (χ0v) is 13.6. The molecule has 0 spiro atoms. The van der Waals surface area contributed by atoms with E-state index in [0.717, 1.165) is 24.9 Å². The predicted octanol–water partition coefficient (Wildman–Crippen LogP) is 1.78. The van der Waals surface area contributed by atoms with Crippen LogP contribution in [0.5, 0.6) is 0 Å². The van der Waals surface area contributed by atoms with Gasteiger partial charge in [-0.2, -0.15) is 15.0 Å². The highest BCUT2D eigenvalue weighted by molar-refractivity contribution is 5.99. The number of benzene rings is 1. The summed E-state index contributed by atoms with van der Waals surface area (Å²) in [5.41, 5.74) is 8.26. The summed E-state index contributed by atoms with van der Waals surface area (Å²) in [5, 5.41) is 8.36. The quantitative estimate of drug-likeness (QED) is 0.937. The number of carbonyl (C=O) groups excluding carboxylic acids is 1. The summed E-state index contributed by atoms with van der Waals surface area (Å²) in [4.78, 5) is 16.7. The molecule has 23 heavy (non-hydrogen) atoms. The molecule has 2 atom stereocenters. The fourth-order valence-electron chi connectivity index (χ4n) is 3.44. The summed E-state index contributed by atoms with van der Waals surface area (Å²) < 4.78 is 0. The smallest absolute Gasteiger partial charge is 0.256 e. The third-order valence-corrected chi connectivity index (χ3v) is 4.72. The summed E-state index contributed by atoms with van der Waals surface area (Å²) in [6.45, 7) is 5.37. The SMILES string of the molecule is Cc1cccc(-n2nccn2)c1C(=O)N1CCC[C@@H](C)C1CN. The standard InChI is InChI=1S/C17H23N5O/c1-12-6-4-10-21(15(12)11-18)17(23)16-13(2)5-3-7-14(16)22-19-8-9-20-22/h3,5,7-9,12,15H,4,6,10-11,18H2,1-2H3/t12-,15?/m1/s1. The van der Waals surface area contributed by atoms with Crippen molar-refractivity contribution in [3.05, 3.63) is 41.7 Å². The average molecular weight is 313 g/mol. The molecule has 3 rings (SSSR count). The van der Waals surface area contributed by atoms with Crippen molar-refractivity contribution in [2.24, 2.45) is 11.7 Å². The molecule has 0 bridgehead atoms. The summed E-state index contributed by atoms with van der Waals surface area (Å²) in [6.07, 6.45) is 5.36. The van der Waals surface area contributed by atoms with Crippen molar-refractivity contribution < 1.29 is 4.79 Å². The van der Waals surface area contributed by atoms with E-state index >= 15 is 0 Å². The van der Waals surface area contributed by atoms with Gasteiger partial charge in [-0.1, -0.05) is 19.1 Å². The largest absolute Gasteiger partial charge is 0.334 e. The van der Waals surface area contributed by atoms with Crippen LogP contribution in [0.2, 0.25) is 0 Å². The molecule has 1 fully saturated rings. The maximum absolute atomic E-state index is 13.3.